The number of rotatable bonds is 16. The van der Waals surface area contributed by atoms with Gasteiger partial charge in [0, 0.05) is 13.5 Å². The molecule has 0 spiro atoms. The van der Waals surface area contributed by atoms with Gasteiger partial charge in [-0.15, -0.1) is 0 Å². The molecular formula is C19H36O5. The maximum Gasteiger partial charge on any atom is 0.339 e. The number of cyclic esters (lactones) is 1. The normalized spacial score (nSPS) is 21.4. The van der Waals surface area contributed by atoms with E-state index in [0.29, 0.717) is 19.6 Å². The molecule has 0 bridgehead atoms. The van der Waals surface area contributed by atoms with Crippen molar-refractivity contribution in [3.63, 3.8) is 0 Å². The molecule has 1 heterocycles. The summed E-state index contributed by atoms with van der Waals surface area (Å²) >= 11 is 0. The first-order valence-electron chi connectivity index (χ1n) is 9.68. The summed E-state index contributed by atoms with van der Waals surface area (Å²) in [5.41, 5.74) is 0. The molecule has 0 amide bonds. The van der Waals surface area contributed by atoms with Crippen LogP contribution in [0.2, 0.25) is 0 Å². The van der Waals surface area contributed by atoms with E-state index in [9.17, 15) is 9.90 Å². The maximum atomic E-state index is 11.4. The summed E-state index contributed by atoms with van der Waals surface area (Å²) in [7, 11) is 1.59. The number of aliphatic hydroxyl groups excluding tert-OH is 1. The Morgan fingerprint density at radius 1 is 1.04 bits per heavy atom. The van der Waals surface area contributed by atoms with Gasteiger partial charge in [0.1, 0.15) is 6.10 Å². The van der Waals surface area contributed by atoms with E-state index in [-0.39, 0.29) is 12.1 Å². The Bertz CT molecular complexity index is 321. The lowest BCUT2D eigenvalue weighted by molar-refractivity contribution is -0.211. The fraction of sp³-hybridized carbons (Fsp3) is 0.947. The standard InChI is InChI=1S/C19H36O5/c1-3-4-5-6-7-8-9-10-11-12-16(20)15-17-18(19(21)24-17)23-14-13-22-2/h16-18,20H,3-15H2,1-2H3/t16?,17-,18-/m0/s1. The fourth-order valence-electron chi connectivity index (χ4n) is 3.04. The van der Waals surface area contributed by atoms with Gasteiger partial charge in [0.15, 0.2) is 6.10 Å². The number of hydrogen-bond acceptors (Lipinski definition) is 5. The summed E-state index contributed by atoms with van der Waals surface area (Å²) < 4.78 is 15.4. The Balaban J connectivity index is 1.97. The predicted molar refractivity (Wildman–Crippen MR) is 94.0 cm³/mol. The third-order valence-electron chi connectivity index (χ3n) is 4.57. The van der Waals surface area contributed by atoms with Crippen LogP contribution in [-0.4, -0.2) is 49.7 Å². The lowest BCUT2D eigenvalue weighted by atomic mass is 9.98. The number of methoxy groups -OCH3 is 1. The van der Waals surface area contributed by atoms with Gasteiger partial charge in [0.25, 0.3) is 0 Å². The van der Waals surface area contributed by atoms with E-state index < -0.39 is 12.2 Å². The Morgan fingerprint density at radius 2 is 1.67 bits per heavy atom. The number of carbonyl (C=O) groups is 1. The number of hydrogen-bond donors (Lipinski definition) is 1. The number of ether oxygens (including phenoxy) is 3. The Labute approximate surface area is 147 Å². The third-order valence-corrected chi connectivity index (χ3v) is 4.57. The molecule has 0 saturated carbocycles. The van der Waals surface area contributed by atoms with Crippen LogP contribution in [0.1, 0.15) is 77.6 Å². The molecular weight excluding hydrogens is 308 g/mol. The second-order valence-corrected chi connectivity index (χ2v) is 6.77. The van der Waals surface area contributed by atoms with Crippen LogP contribution < -0.4 is 0 Å². The molecule has 24 heavy (non-hydrogen) atoms. The summed E-state index contributed by atoms with van der Waals surface area (Å²) in [6.07, 6.45) is 11.5. The van der Waals surface area contributed by atoms with Crippen LogP contribution in [0.15, 0.2) is 0 Å². The molecule has 5 nitrogen and oxygen atoms in total. The van der Waals surface area contributed by atoms with Gasteiger partial charge < -0.3 is 19.3 Å². The van der Waals surface area contributed by atoms with Gasteiger partial charge >= 0.3 is 5.97 Å². The van der Waals surface area contributed by atoms with Gasteiger partial charge in [-0.1, -0.05) is 64.7 Å². The van der Waals surface area contributed by atoms with Crippen LogP contribution >= 0.6 is 0 Å². The number of carbonyl (C=O) groups excluding carboxylic acids is 1. The summed E-state index contributed by atoms with van der Waals surface area (Å²) in [6.45, 7) is 3.07. The van der Waals surface area contributed by atoms with Crippen molar-refractivity contribution in [1.29, 1.82) is 0 Å². The zero-order chi connectivity index (χ0) is 17.6. The molecule has 142 valence electrons. The highest BCUT2D eigenvalue weighted by molar-refractivity contribution is 5.81. The van der Waals surface area contributed by atoms with E-state index in [4.69, 9.17) is 14.2 Å². The minimum atomic E-state index is -0.530. The average molecular weight is 344 g/mol. The van der Waals surface area contributed by atoms with Crippen LogP contribution in [-0.2, 0) is 19.0 Å². The largest absolute Gasteiger partial charge is 0.457 e. The Morgan fingerprint density at radius 3 is 2.25 bits per heavy atom. The minimum Gasteiger partial charge on any atom is -0.457 e. The molecule has 1 N–H and O–H groups in total. The van der Waals surface area contributed by atoms with Crippen molar-refractivity contribution in [2.24, 2.45) is 0 Å². The van der Waals surface area contributed by atoms with Gasteiger partial charge in [0.05, 0.1) is 19.3 Å². The fourth-order valence-corrected chi connectivity index (χ4v) is 3.04. The molecule has 1 aliphatic rings. The summed E-state index contributed by atoms with van der Waals surface area (Å²) in [6, 6.07) is 0. The van der Waals surface area contributed by atoms with E-state index >= 15 is 0 Å². The molecule has 1 rings (SSSR count). The lowest BCUT2D eigenvalue weighted by Gasteiger charge is -2.35. The SMILES string of the molecule is CCCCCCCCCCCC(O)C[C@@H]1OC(=O)[C@H]1OCCOC. The second-order valence-electron chi connectivity index (χ2n) is 6.77. The predicted octanol–water partition coefficient (Wildman–Crippen LogP) is 3.62. The van der Waals surface area contributed by atoms with Gasteiger partial charge in [-0.05, 0) is 6.42 Å². The molecule has 0 aromatic rings. The first-order valence-corrected chi connectivity index (χ1v) is 9.68. The highest BCUT2D eigenvalue weighted by Gasteiger charge is 2.44. The van der Waals surface area contributed by atoms with E-state index in [2.05, 4.69) is 6.92 Å². The molecule has 1 unspecified atom stereocenters. The van der Waals surface area contributed by atoms with Crippen molar-refractivity contribution in [1.82, 2.24) is 0 Å². The van der Waals surface area contributed by atoms with Gasteiger partial charge in [-0.3, -0.25) is 0 Å². The summed E-state index contributed by atoms with van der Waals surface area (Å²) in [5, 5.41) is 10.1. The molecule has 0 radical (unpaired) electrons. The molecule has 0 aliphatic carbocycles. The molecule has 0 aromatic heterocycles. The van der Waals surface area contributed by atoms with Crippen LogP contribution in [0.5, 0.6) is 0 Å². The smallest absolute Gasteiger partial charge is 0.339 e. The van der Waals surface area contributed by atoms with Crippen LogP contribution in [0.3, 0.4) is 0 Å². The van der Waals surface area contributed by atoms with Crippen molar-refractivity contribution in [3.05, 3.63) is 0 Å². The van der Waals surface area contributed by atoms with Crippen LogP contribution in [0, 0.1) is 0 Å². The minimum absolute atomic E-state index is 0.303. The molecule has 1 fully saturated rings. The second kappa shape index (κ2) is 13.6. The average Bonchev–Trinajstić information content (AvgIpc) is 2.57. The van der Waals surface area contributed by atoms with Crippen molar-refractivity contribution in [3.8, 4) is 0 Å². The Hall–Kier alpha value is -0.650. The van der Waals surface area contributed by atoms with E-state index in [1.807, 2.05) is 0 Å². The first-order chi connectivity index (χ1) is 11.7. The van der Waals surface area contributed by atoms with Gasteiger partial charge in [-0.2, -0.15) is 0 Å². The zero-order valence-corrected chi connectivity index (χ0v) is 15.5. The molecule has 5 heteroatoms. The van der Waals surface area contributed by atoms with E-state index in [1.165, 1.54) is 51.4 Å². The quantitative estimate of drug-likeness (QED) is 0.342. The number of aliphatic hydroxyl groups is 1. The summed E-state index contributed by atoms with van der Waals surface area (Å²) in [5.74, 6) is -0.327. The van der Waals surface area contributed by atoms with Crippen molar-refractivity contribution < 1.29 is 24.1 Å². The van der Waals surface area contributed by atoms with E-state index in [0.717, 1.165) is 12.8 Å². The third kappa shape index (κ3) is 9.00. The zero-order valence-electron chi connectivity index (χ0n) is 15.5. The van der Waals surface area contributed by atoms with E-state index in [1.54, 1.807) is 7.11 Å². The lowest BCUT2D eigenvalue weighted by Crippen LogP contribution is -2.53. The highest BCUT2D eigenvalue weighted by atomic mass is 16.6. The number of esters is 1. The van der Waals surface area contributed by atoms with Crippen molar-refractivity contribution >= 4 is 5.97 Å². The number of unbranched alkanes of at least 4 members (excludes halogenated alkanes) is 8. The topological polar surface area (TPSA) is 65.0 Å². The first kappa shape index (κ1) is 21.4. The summed E-state index contributed by atoms with van der Waals surface area (Å²) in [4.78, 5) is 11.4. The monoisotopic (exact) mass is 344 g/mol. The maximum absolute atomic E-state index is 11.4. The highest BCUT2D eigenvalue weighted by Crippen LogP contribution is 2.24. The van der Waals surface area contributed by atoms with Crippen molar-refractivity contribution in [2.75, 3.05) is 20.3 Å². The van der Waals surface area contributed by atoms with Gasteiger partial charge in [-0.25, -0.2) is 4.79 Å². The molecule has 0 aromatic carbocycles. The van der Waals surface area contributed by atoms with Gasteiger partial charge in [0.2, 0.25) is 0 Å². The Kier molecular flexibility index (Phi) is 12.1. The van der Waals surface area contributed by atoms with Crippen molar-refractivity contribution in [2.45, 2.75) is 95.9 Å². The van der Waals surface area contributed by atoms with Crippen LogP contribution in [0.25, 0.3) is 0 Å². The molecule has 1 aliphatic heterocycles. The van der Waals surface area contributed by atoms with Crippen LogP contribution in [0.4, 0.5) is 0 Å². The molecule has 3 atom stereocenters. The molecule has 1 saturated heterocycles.